The standard InChI is InChI=1S/C22H25N3O2/c1-2-27-22(26)24-14-12-23(13-15-24)17-20-16-18-8-6-7-11-21(18)25(20)19-9-4-3-5-10-19/h3-11,16H,2,12-15,17H2,1H3. The minimum atomic E-state index is -0.199. The molecule has 0 spiro atoms. The lowest BCUT2D eigenvalue weighted by Gasteiger charge is -2.34. The molecule has 1 fully saturated rings. The molecule has 0 unspecified atom stereocenters. The number of nitrogens with zero attached hydrogens (tertiary/aromatic N) is 3. The van der Waals surface area contributed by atoms with Crippen LogP contribution in [-0.4, -0.2) is 53.2 Å². The molecule has 27 heavy (non-hydrogen) atoms. The van der Waals surface area contributed by atoms with Gasteiger partial charge < -0.3 is 14.2 Å². The molecule has 1 saturated heterocycles. The molecule has 5 nitrogen and oxygen atoms in total. The predicted octanol–water partition coefficient (Wildman–Crippen LogP) is 3.90. The average molecular weight is 363 g/mol. The Morgan fingerprint density at radius 2 is 1.67 bits per heavy atom. The summed E-state index contributed by atoms with van der Waals surface area (Å²) in [4.78, 5) is 16.1. The fraction of sp³-hybridized carbons (Fsp3) is 0.318. The predicted molar refractivity (Wildman–Crippen MR) is 107 cm³/mol. The highest BCUT2D eigenvalue weighted by atomic mass is 16.6. The fourth-order valence-electron chi connectivity index (χ4n) is 3.74. The Labute approximate surface area is 159 Å². The normalized spacial score (nSPS) is 15.2. The van der Waals surface area contributed by atoms with Crippen LogP contribution in [-0.2, 0) is 11.3 Å². The molecule has 5 heteroatoms. The summed E-state index contributed by atoms with van der Waals surface area (Å²) in [5.41, 5.74) is 3.68. The van der Waals surface area contributed by atoms with Crippen LogP contribution < -0.4 is 0 Å². The van der Waals surface area contributed by atoms with E-state index in [1.807, 2.05) is 13.0 Å². The smallest absolute Gasteiger partial charge is 0.409 e. The minimum Gasteiger partial charge on any atom is -0.450 e. The number of ether oxygens (including phenoxy) is 1. The summed E-state index contributed by atoms with van der Waals surface area (Å²) in [6, 6.07) is 21.3. The number of aromatic nitrogens is 1. The van der Waals surface area contributed by atoms with Crippen molar-refractivity contribution < 1.29 is 9.53 Å². The Kier molecular flexibility index (Phi) is 5.12. The van der Waals surface area contributed by atoms with E-state index in [1.54, 1.807) is 4.90 Å². The lowest BCUT2D eigenvalue weighted by atomic mass is 10.2. The topological polar surface area (TPSA) is 37.7 Å². The molecule has 2 heterocycles. The molecule has 1 aliphatic rings. The molecule has 4 rings (SSSR count). The molecule has 1 aliphatic heterocycles. The first-order valence-corrected chi connectivity index (χ1v) is 9.55. The summed E-state index contributed by atoms with van der Waals surface area (Å²) in [5.74, 6) is 0. The maximum atomic E-state index is 11.9. The molecule has 0 atom stereocenters. The second-order valence-corrected chi connectivity index (χ2v) is 6.83. The van der Waals surface area contributed by atoms with Crippen LogP contribution in [0.5, 0.6) is 0 Å². The number of fused-ring (bicyclic) bond motifs is 1. The molecule has 0 aliphatic carbocycles. The molecule has 0 radical (unpaired) electrons. The van der Waals surface area contributed by atoms with E-state index in [2.05, 4.69) is 64.1 Å². The number of amides is 1. The highest BCUT2D eigenvalue weighted by Gasteiger charge is 2.23. The van der Waals surface area contributed by atoms with Crippen molar-refractivity contribution in [1.29, 1.82) is 0 Å². The Hall–Kier alpha value is -2.79. The van der Waals surface area contributed by atoms with Crippen molar-refractivity contribution in [3.05, 3.63) is 66.4 Å². The zero-order valence-electron chi connectivity index (χ0n) is 15.7. The Balaban J connectivity index is 1.56. The Morgan fingerprint density at radius 1 is 0.963 bits per heavy atom. The lowest BCUT2D eigenvalue weighted by Crippen LogP contribution is -2.48. The third-order valence-electron chi connectivity index (χ3n) is 5.09. The number of hydrogen-bond donors (Lipinski definition) is 0. The van der Waals surface area contributed by atoms with Crippen LogP contribution in [0.3, 0.4) is 0 Å². The van der Waals surface area contributed by atoms with Crippen LogP contribution in [0.4, 0.5) is 4.79 Å². The number of piperazine rings is 1. The van der Waals surface area contributed by atoms with Crippen molar-refractivity contribution in [2.24, 2.45) is 0 Å². The molecule has 3 aromatic rings. The van der Waals surface area contributed by atoms with Gasteiger partial charge in [0.15, 0.2) is 0 Å². The molecular weight excluding hydrogens is 338 g/mol. The van der Waals surface area contributed by atoms with Gasteiger partial charge in [-0.05, 0) is 31.2 Å². The highest BCUT2D eigenvalue weighted by Crippen LogP contribution is 2.25. The molecule has 0 N–H and O–H groups in total. The van der Waals surface area contributed by atoms with Crippen LogP contribution in [0.25, 0.3) is 16.6 Å². The summed E-state index contributed by atoms with van der Waals surface area (Å²) in [5, 5.41) is 1.25. The highest BCUT2D eigenvalue weighted by molar-refractivity contribution is 5.83. The molecule has 0 bridgehead atoms. The van der Waals surface area contributed by atoms with Gasteiger partial charge in [-0.25, -0.2) is 4.79 Å². The first kappa shape index (κ1) is 17.6. The van der Waals surface area contributed by atoms with Crippen LogP contribution in [0, 0.1) is 0 Å². The van der Waals surface area contributed by atoms with Crippen LogP contribution >= 0.6 is 0 Å². The minimum absolute atomic E-state index is 0.199. The van der Waals surface area contributed by atoms with Crippen LogP contribution in [0.15, 0.2) is 60.7 Å². The van der Waals surface area contributed by atoms with Gasteiger partial charge in [0.05, 0.1) is 12.1 Å². The van der Waals surface area contributed by atoms with Gasteiger partial charge in [0.2, 0.25) is 0 Å². The first-order valence-electron chi connectivity index (χ1n) is 9.55. The van der Waals surface area contributed by atoms with E-state index in [9.17, 15) is 4.79 Å². The Morgan fingerprint density at radius 3 is 2.41 bits per heavy atom. The summed E-state index contributed by atoms with van der Waals surface area (Å²) in [6.45, 7) is 6.27. The summed E-state index contributed by atoms with van der Waals surface area (Å²) in [6.07, 6.45) is -0.199. The van der Waals surface area contributed by atoms with E-state index in [1.165, 1.54) is 22.3 Å². The van der Waals surface area contributed by atoms with Crippen molar-refractivity contribution in [2.75, 3.05) is 32.8 Å². The Bertz CT molecular complexity index is 912. The molecule has 140 valence electrons. The number of benzene rings is 2. The number of carbonyl (C=O) groups excluding carboxylic acids is 1. The summed E-state index contributed by atoms with van der Waals surface area (Å²) in [7, 11) is 0. The van der Waals surface area contributed by atoms with E-state index >= 15 is 0 Å². The van der Waals surface area contributed by atoms with Gasteiger partial charge in [-0.15, -0.1) is 0 Å². The molecule has 2 aromatic carbocycles. The fourth-order valence-corrected chi connectivity index (χ4v) is 3.74. The van der Waals surface area contributed by atoms with Crippen molar-refractivity contribution in [3.8, 4) is 5.69 Å². The quantitative estimate of drug-likeness (QED) is 0.705. The van der Waals surface area contributed by atoms with Gasteiger partial charge in [0, 0.05) is 49.5 Å². The maximum absolute atomic E-state index is 11.9. The van der Waals surface area contributed by atoms with Gasteiger partial charge in [0.1, 0.15) is 0 Å². The van der Waals surface area contributed by atoms with E-state index in [0.29, 0.717) is 19.7 Å². The van der Waals surface area contributed by atoms with Crippen molar-refractivity contribution >= 4 is 17.0 Å². The first-order chi connectivity index (χ1) is 13.3. The van der Waals surface area contributed by atoms with E-state index in [0.717, 1.165) is 19.6 Å². The van der Waals surface area contributed by atoms with Gasteiger partial charge in [-0.2, -0.15) is 0 Å². The second kappa shape index (κ2) is 7.84. The van der Waals surface area contributed by atoms with Gasteiger partial charge >= 0.3 is 6.09 Å². The zero-order chi connectivity index (χ0) is 18.6. The van der Waals surface area contributed by atoms with Gasteiger partial charge in [-0.1, -0.05) is 36.4 Å². The number of rotatable bonds is 4. The molecular formula is C22H25N3O2. The van der Waals surface area contributed by atoms with E-state index < -0.39 is 0 Å². The third-order valence-corrected chi connectivity index (χ3v) is 5.09. The SMILES string of the molecule is CCOC(=O)N1CCN(Cc2cc3ccccc3n2-c2ccccc2)CC1. The zero-order valence-corrected chi connectivity index (χ0v) is 15.7. The number of hydrogen-bond acceptors (Lipinski definition) is 3. The number of carbonyl (C=O) groups is 1. The van der Waals surface area contributed by atoms with Crippen LogP contribution in [0.2, 0.25) is 0 Å². The maximum Gasteiger partial charge on any atom is 0.409 e. The summed E-state index contributed by atoms with van der Waals surface area (Å²) < 4.78 is 7.46. The van der Waals surface area contributed by atoms with E-state index in [-0.39, 0.29) is 6.09 Å². The number of para-hydroxylation sites is 2. The monoisotopic (exact) mass is 363 g/mol. The van der Waals surface area contributed by atoms with E-state index in [4.69, 9.17) is 4.74 Å². The third kappa shape index (κ3) is 3.69. The largest absolute Gasteiger partial charge is 0.450 e. The lowest BCUT2D eigenvalue weighted by molar-refractivity contribution is 0.0774. The molecule has 1 amide bonds. The second-order valence-electron chi connectivity index (χ2n) is 6.83. The van der Waals surface area contributed by atoms with Gasteiger partial charge in [-0.3, -0.25) is 4.90 Å². The van der Waals surface area contributed by atoms with Crippen molar-refractivity contribution in [1.82, 2.24) is 14.4 Å². The van der Waals surface area contributed by atoms with Crippen molar-refractivity contribution in [2.45, 2.75) is 13.5 Å². The summed E-state index contributed by atoms with van der Waals surface area (Å²) >= 11 is 0. The van der Waals surface area contributed by atoms with Gasteiger partial charge in [0.25, 0.3) is 0 Å². The van der Waals surface area contributed by atoms with Crippen molar-refractivity contribution in [3.63, 3.8) is 0 Å². The van der Waals surface area contributed by atoms with Crippen LogP contribution in [0.1, 0.15) is 12.6 Å². The molecule has 1 aromatic heterocycles. The molecule has 0 saturated carbocycles. The average Bonchev–Trinajstić information content (AvgIpc) is 3.07.